The Balaban J connectivity index is 2.06. The SMILES string of the molecule is COc1ccc(C(=O)NS(=O)c2ccccc2)cc1. The lowest BCUT2D eigenvalue weighted by Gasteiger charge is -2.05. The van der Waals surface area contributed by atoms with Crippen LogP contribution in [0.2, 0.25) is 0 Å². The van der Waals surface area contributed by atoms with Crippen molar-refractivity contribution in [3.63, 3.8) is 0 Å². The summed E-state index contributed by atoms with van der Waals surface area (Å²) in [7, 11) is 0.00318. The molecule has 0 saturated carbocycles. The Bertz CT molecular complexity index is 581. The number of hydrogen-bond acceptors (Lipinski definition) is 3. The van der Waals surface area contributed by atoms with Crippen molar-refractivity contribution in [3.05, 3.63) is 60.2 Å². The molecule has 0 fully saturated rings. The number of nitrogens with one attached hydrogen (secondary N) is 1. The fraction of sp³-hybridized carbons (Fsp3) is 0.0714. The molecule has 0 bridgehead atoms. The van der Waals surface area contributed by atoms with Crippen LogP contribution in [0.1, 0.15) is 10.4 Å². The second-order valence-electron chi connectivity index (χ2n) is 3.74. The standard InChI is InChI=1S/C14H13NO3S/c1-18-12-9-7-11(8-10-12)14(16)15-19(17)13-5-3-2-4-6-13/h2-10H,1H3,(H,15,16). The predicted molar refractivity (Wildman–Crippen MR) is 73.3 cm³/mol. The first-order chi connectivity index (χ1) is 9.20. The fourth-order valence-electron chi connectivity index (χ4n) is 1.49. The highest BCUT2D eigenvalue weighted by atomic mass is 32.2. The zero-order valence-corrected chi connectivity index (χ0v) is 11.1. The molecule has 2 aromatic carbocycles. The minimum absolute atomic E-state index is 0.384. The Morgan fingerprint density at radius 1 is 1.05 bits per heavy atom. The Hall–Kier alpha value is -2.14. The molecular weight excluding hydrogens is 262 g/mol. The molecule has 0 aliphatic rings. The largest absolute Gasteiger partial charge is 0.497 e. The van der Waals surface area contributed by atoms with Gasteiger partial charge in [-0.05, 0) is 36.4 Å². The highest BCUT2D eigenvalue weighted by molar-refractivity contribution is 7.83. The van der Waals surface area contributed by atoms with Gasteiger partial charge in [-0.1, -0.05) is 18.2 Å². The van der Waals surface area contributed by atoms with E-state index in [1.54, 1.807) is 55.6 Å². The van der Waals surface area contributed by atoms with E-state index in [9.17, 15) is 9.00 Å². The molecular formula is C14H13NO3S. The molecule has 0 spiro atoms. The van der Waals surface area contributed by atoms with Gasteiger partial charge in [0.05, 0.1) is 12.0 Å². The second kappa shape index (κ2) is 6.15. The van der Waals surface area contributed by atoms with Crippen molar-refractivity contribution in [2.75, 3.05) is 7.11 Å². The molecule has 19 heavy (non-hydrogen) atoms. The van der Waals surface area contributed by atoms with Crippen molar-refractivity contribution in [2.45, 2.75) is 4.90 Å². The smallest absolute Gasteiger partial charge is 0.263 e. The van der Waals surface area contributed by atoms with Gasteiger partial charge in [-0.15, -0.1) is 0 Å². The van der Waals surface area contributed by atoms with Crippen LogP contribution in [-0.4, -0.2) is 17.2 Å². The molecule has 0 heterocycles. The topological polar surface area (TPSA) is 55.4 Å². The summed E-state index contributed by atoms with van der Waals surface area (Å²) >= 11 is 0. The Morgan fingerprint density at radius 2 is 1.68 bits per heavy atom. The zero-order valence-electron chi connectivity index (χ0n) is 10.3. The van der Waals surface area contributed by atoms with Crippen LogP contribution in [0.4, 0.5) is 0 Å². The molecule has 5 heteroatoms. The highest BCUT2D eigenvalue weighted by Crippen LogP contribution is 2.11. The minimum atomic E-state index is -1.55. The summed E-state index contributed by atoms with van der Waals surface area (Å²) in [6.07, 6.45) is 0. The molecule has 2 aromatic rings. The van der Waals surface area contributed by atoms with Gasteiger partial charge >= 0.3 is 0 Å². The summed E-state index contributed by atoms with van der Waals surface area (Å²) in [5, 5.41) is 0. The average Bonchev–Trinajstić information content (AvgIpc) is 2.48. The molecule has 4 nitrogen and oxygen atoms in total. The van der Waals surface area contributed by atoms with Gasteiger partial charge in [-0.3, -0.25) is 9.52 Å². The number of rotatable bonds is 4. The van der Waals surface area contributed by atoms with E-state index < -0.39 is 11.0 Å². The average molecular weight is 275 g/mol. The maximum absolute atomic E-state index is 11.9. The summed E-state index contributed by atoms with van der Waals surface area (Å²) < 4.78 is 19.4. The van der Waals surface area contributed by atoms with Crippen LogP contribution in [0, 0.1) is 0 Å². The van der Waals surface area contributed by atoms with Gasteiger partial charge < -0.3 is 4.74 Å². The Morgan fingerprint density at radius 3 is 2.26 bits per heavy atom. The maximum Gasteiger partial charge on any atom is 0.263 e. The van der Waals surface area contributed by atoms with Crippen molar-refractivity contribution >= 4 is 16.9 Å². The Labute approximate surface area is 114 Å². The van der Waals surface area contributed by atoms with Crippen molar-refractivity contribution < 1.29 is 13.7 Å². The van der Waals surface area contributed by atoms with E-state index >= 15 is 0 Å². The number of carbonyl (C=O) groups is 1. The summed E-state index contributed by atoms with van der Waals surface area (Å²) in [5.41, 5.74) is 0.435. The highest BCUT2D eigenvalue weighted by Gasteiger charge is 2.10. The lowest BCUT2D eigenvalue weighted by Crippen LogP contribution is -2.25. The van der Waals surface area contributed by atoms with Crippen molar-refractivity contribution in [1.82, 2.24) is 4.72 Å². The van der Waals surface area contributed by atoms with Crippen LogP contribution in [0.25, 0.3) is 0 Å². The third-order valence-electron chi connectivity index (χ3n) is 2.49. The molecule has 0 radical (unpaired) electrons. The number of carbonyl (C=O) groups excluding carboxylic acids is 1. The van der Waals surface area contributed by atoms with Gasteiger partial charge in [-0.2, -0.15) is 0 Å². The zero-order chi connectivity index (χ0) is 13.7. The number of methoxy groups -OCH3 is 1. The van der Waals surface area contributed by atoms with E-state index in [1.165, 1.54) is 0 Å². The third-order valence-corrected chi connectivity index (χ3v) is 3.57. The first kappa shape index (κ1) is 13.3. The number of hydrogen-bond donors (Lipinski definition) is 1. The van der Waals surface area contributed by atoms with E-state index in [0.717, 1.165) is 0 Å². The maximum atomic E-state index is 11.9. The van der Waals surface area contributed by atoms with Crippen LogP contribution in [-0.2, 0) is 11.0 Å². The predicted octanol–water partition coefficient (Wildman–Crippen LogP) is 2.15. The van der Waals surface area contributed by atoms with Gasteiger partial charge in [0.25, 0.3) is 5.91 Å². The first-order valence-electron chi connectivity index (χ1n) is 5.62. The van der Waals surface area contributed by atoms with E-state index in [2.05, 4.69) is 4.72 Å². The van der Waals surface area contributed by atoms with E-state index in [1.807, 2.05) is 6.07 Å². The van der Waals surface area contributed by atoms with E-state index in [-0.39, 0.29) is 5.91 Å². The summed E-state index contributed by atoms with van der Waals surface area (Å²) in [6, 6.07) is 15.4. The molecule has 0 saturated heterocycles. The Kier molecular flexibility index (Phi) is 4.30. The van der Waals surface area contributed by atoms with Crippen molar-refractivity contribution in [2.24, 2.45) is 0 Å². The molecule has 1 N–H and O–H groups in total. The number of ether oxygens (including phenoxy) is 1. The molecule has 0 aromatic heterocycles. The minimum Gasteiger partial charge on any atom is -0.497 e. The van der Waals surface area contributed by atoms with E-state index in [4.69, 9.17) is 4.74 Å². The second-order valence-corrected chi connectivity index (χ2v) is 4.95. The lowest BCUT2D eigenvalue weighted by atomic mass is 10.2. The summed E-state index contributed by atoms with van der Waals surface area (Å²) in [4.78, 5) is 12.4. The number of benzene rings is 2. The number of amides is 1. The third kappa shape index (κ3) is 3.42. The lowest BCUT2D eigenvalue weighted by molar-refractivity contribution is 0.0983. The van der Waals surface area contributed by atoms with Crippen LogP contribution < -0.4 is 9.46 Å². The van der Waals surface area contributed by atoms with Crippen molar-refractivity contribution in [3.8, 4) is 5.75 Å². The molecule has 1 atom stereocenters. The fourth-order valence-corrected chi connectivity index (χ4v) is 2.30. The monoisotopic (exact) mass is 275 g/mol. The quantitative estimate of drug-likeness (QED) is 0.930. The van der Waals surface area contributed by atoms with Crippen LogP contribution in [0.3, 0.4) is 0 Å². The van der Waals surface area contributed by atoms with Gasteiger partial charge in [0.1, 0.15) is 5.75 Å². The van der Waals surface area contributed by atoms with Crippen LogP contribution >= 0.6 is 0 Å². The van der Waals surface area contributed by atoms with E-state index in [0.29, 0.717) is 16.2 Å². The summed E-state index contributed by atoms with van der Waals surface area (Å²) in [5.74, 6) is 0.283. The molecule has 1 unspecified atom stereocenters. The van der Waals surface area contributed by atoms with Gasteiger partial charge in [0, 0.05) is 5.56 Å². The molecule has 1 amide bonds. The molecule has 0 aliphatic carbocycles. The van der Waals surface area contributed by atoms with Crippen LogP contribution in [0.15, 0.2) is 59.5 Å². The normalized spacial score (nSPS) is 11.6. The van der Waals surface area contributed by atoms with Crippen molar-refractivity contribution in [1.29, 1.82) is 0 Å². The van der Waals surface area contributed by atoms with Crippen LogP contribution in [0.5, 0.6) is 5.75 Å². The molecule has 2 rings (SSSR count). The van der Waals surface area contributed by atoms with Gasteiger partial charge in [0.15, 0.2) is 11.0 Å². The van der Waals surface area contributed by atoms with Gasteiger partial charge in [-0.25, -0.2) is 4.21 Å². The summed E-state index contributed by atoms with van der Waals surface area (Å²) in [6.45, 7) is 0. The molecule has 98 valence electrons. The van der Waals surface area contributed by atoms with Gasteiger partial charge in [0.2, 0.25) is 0 Å². The first-order valence-corrected chi connectivity index (χ1v) is 6.77. The molecule has 0 aliphatic heterocycles.